The second kappa shape index (κ2) is 10.7. The highest BCUT2D eigenvalue weighted by Gasteiger charge is 2.36. The van der Waals surface area contributed by atoms with E-state index in [1.807, 2.05) is 30.3 Å². The van der Waals surface area contributed by atoms with Crippen molar-refractivity contribution in [2.24, 2.45) is 12.0 Å². The third kappa shape index (κ3) is 7.06. The van der Waals surface area contributed by atoms with Crippen molar-refractivity contribution in [2.75, 3.05) is 19.3 Å². The molecular weight excluding hydrogens is 478 g/mol. The van der Waals surface area contributed by atoms with Crippen LogP contribution in [0.3, 0.4) is 0 Å². The van der Waals surface area contributed by atoms with Crippen LogP contribution in [0.4, 0.5) is 13.2 Å². The minimum atomic E-state index is -4.47. The highest BCUT2D eigenvalue weighted by molar-refractivity contribution is 14.0. The molecule has 144 valence electrons. The summed E-state index contributed by atoms with van der Waals surface area (Å²) >= 11 is 1.69. The van der Waals surface area contributed by atoms with Crippen LogP contribution in [-0.2, 0) is 19.8 Å². The van der Waals surface area contributed by atoms with Gasteiger partial charge in [-0.15, -0.1) is 35.7 Å². The maximum absolute atomic E-state index is 12.9. The minimum Gasteiger partial charge on any atom is -0.356 e. The second-order valence-electron chi connectivity index (χ2n) is 5.19. The molecule has 0 aliphatic carbocycles. The lowest BCUT2D eigenvalue weighted by Crippen LogP contribution is -2.38. The fourth-order valence-electron chi connectivity index (χ4n) is 2.16. The van der Waals surface area contributed by atoms with Crippen LogP contribution in [-0.4, -0.2) is 35.1 Å². The Morgan fingerprint density at radius 2 is 1.92 bits per heavy atom. The molecule has 0 bridgehead atoms. The van der Waals surface area contributed by atoms with Gasteiger partial charge in [0.1, 0.15) is 0 Å². The largest absolute Gasteiger partial charge is 0.435 e. The van der Waals surface area contributed by atoms with Gasteiger partial charge in [-0.2, -0.15) is 18.3 Å². The van der Waals surface area contributed by atoms with Crippen LogP contribution in [0.2, 0.25) is 0 Å². The van der Waals surface area contributed by atoms with E-state index in [2.05, 4.69) is 20.7 Å². The fourth-order valence-corrected chi connectivity index (χ4v) is 2.95. The summed E-state index contributed by atoms with van der Waals surface area (Å²) in [7, 11) is 3.04. The lowest BCUT2D eigenvalue weighted by Gasteiger charge is -2.12. The molecule has 0 atom stereocenters. The fraction of sp³-hybridized carbons (Fsp3) is 0.375. The summed E-state index contributed by atoms with van der Waals surface area (Å²) < 4.78 is 39.9. The maximum atomic E-state index is 12.9. The molecule has 26 heavy (non-hydrogen) atoms. The number of thioether (sulfide) groups is 1. The third-order valence-electron chi connectivity index (χ3n) is 3.25. The van der Waals surface area contributed by atoms with Crippen molar-refractivity contribution in [1.29, 1.82) is 0 Å². The predicted octanol–water partition coefficient (Wildman–Crippen LogP) is 3.51. The number of aromatic nitrogens is 2. The zero-order valence-corrected chi connectivity index (χ0v) is 17.5. The van der Waals surface area contributed by atoms with Crippen molar-refractivity contribution in [3.05, 3.63) is 47.8 Å². The summed E-state index contributed by atoms with van der Waals surface area (Å²) in [5, 5.41) is 9.45. The number of hydrogen-bond acceptors (Lipinski definition) is 3. The molecule has 0 saturated heterocycles. The van der Waals surface area contributed by atoms with E-state index >= 15 is 0 Å². The number of nitrogens with zero attached hydrogens (tertiary/aromatic N) is 3. The molecular formula is C16H21F3IN5S. The molecule has 0 amide bonds. The predicted molar refractivity (Wildman–Crippen MR) is 109 cm³/mol. The van der Waals surface area contributed by atoms with Crippen LogP contribution in [0.15, 0.2) is 46.4 Å². The lowest BCUT2D eigenvalue weighted by atomic mass is 10.2. The highest BCUT2D eigenvalue weighted by atomic mass is 127. The Morgan fingerprint density at radius 3 is 2.54 bits per heavy atom. The van der Waals surface area contributed by atoms with E-state index in [0.29, 0.717) is 12.5 Å². The molecule has 0 aliphatic heterocycles. The number of hydrogen-bond donors (Lipinski definition) is 2. The molecule has 0 fully saturated rings. The topological polar surface area (TPSA) is 54.2 Å². The van der Waals surface area contributed by atoms with Crippen molar-refractivity contribution >= 4 is 41.7 Å². The van der Waals surface area contributed by atoms with E-state index in [9.17, 15) is 13.2 Å². The van der Waals surface area contributed by atoms with Crippen LogP contribution < -0.4 is 10.6 Å². The Labute approximate surface area is 171 Å². The lowest BCUT2D eigenvalue weighted by molar-refractivity contribution is -0.142. The molecule has 2 N–H and O–H groups in total. The number of guanidine groups is 1. The van der Waals surface area contributed by atoms with Crippen molar-refractivity contribution < 1.29 is 13.2 Å². The van der Waals surface area contributed by atoms with Gasteiger partial charge in [0.15, 0.2) is 11.7 Å². The molecule has 1 aromatic heterocycles. The first-order valence-corrected chi connectivity index (χ1v) is 8.61. The monoisotopic (exact) mass is 499 g/mol. The molecule has 0 radical (unpaired) electrons. The van der Waals surface area contributed by atoms with Crippen molar-refractivity contribution in [2.45, 2.75) is 17.6 Å². The number of alkyl halides is 3. The third-order valence-corrected chi connectivity index (χ3v) is 4.26. The van der Waals surface area contributed by atoms with Crippen LogP contribution in [0, 0.1) is 0 Å². The molecule has 5 nitrogen and oxygen atoms in total. The van der Waals surface area contributed by atoms with Gasteiger partial charge in [-0.05, 0) is 12.1 Å². The average Bonchev–Trinajstić information content (AvgIpc) is 2.96. The average molecular weight is 499 g/mol. The van der Waals surface area contributed by atoms with E-state index in [1.54, 1.807) is 18.8 Å². The van der Waals surface area contributed by atoms with E-state index in [4.69, 9.17) is 0 Å². The molecule has 0 unspecified atom stereocenters. The molecule has 1 aromatic carbocycles. The quantitative estimate of drug-likeness (QED) is 0.210. The summed E-state index contributed by atoms with van der Waals surface area (Å²) in [5.41, 5.74) is -0.797. The van der Waals surface area contributed by atoms with Crippen molar-refractivity contribution in [3.8, 4) is 0 Å². The van der Waals surface area contributed by atoms with Gasteiger partial charge >= 0.3 is 6.18 Å². The van der Waals surface area contributed by atoms with Crippen molar-refractivity contribution in [1.82, 2.24) is 20.4 Å². The number of aliphatic imine (C=N–C) groups is 1. The molecule has 2 rings (SSSR count). The van der Waals surface area contributed by atoms with Crippen LogP contribution >= 0.6 is 35.7 Å². The van der Waals surface area contributed by atoms with Gasteiger partial charge in [-0.1, -0.05) is 18.2 Å². The summed E-state index contributed by atoms with van der Waals surface area (Å²) in [6.07, 6.45) is -3.12. The number of rotatable bonds is 6. The van der Waals surface area contributed by atoms with E-state index in [1.165, 1.54) is 13.2 Å². The van der Waals surface area contributed by atoms with E-state index in [-0.39, 0.29) is 36.1 Å². The Hall–Kier alpha value is -1.43. The maximum Gasteiger partial charge on any atom is 0.435 e. The first-order valence-electron chi connectivity index (χ1n) is 7.62. The molecule has 1 heterocycles. The summed E-state index contributed by atoms with van der Waals surface area (Å²) in [5.74, 6) is 1.26. The number of aryl methyl sites for hydroxylation is 1. The van der Waals surface area contributed by atoms with Gasteiger partial charge < -0.3 is 10.6 Å². The van der Waals surface area contributed by atoms with Gasteiger partial charge in [0, 0.05) is 49.6 Å². The van der Waals surface area contributed by atoms with E-state index < -0.39 is 11.9 Å². The van der Waals surface area contributed by atoms with Gasteiger partial charge in [-0.25, -0.2) is 0 Å². The Balaban J connectivity index is 0.00000338. The molecule has 0 saturated carbocycles. The standard InChI is InChI=1S/C16H20F3N5S.HI/c1-20-15(21-8-9-25-13-6-4-3-5-7-13)22-10-12-11-24(2)23-14(12)16(17,18)19;/h3-7,11H,8-10H2,1-2H3,(H2,20,21,22);1H. The van der Waals surface area contributed by atoms with Crippen LogP contribution in [0.5, 0.6) is 0 Å². The van der Waals surface area contributed by atoms with Gasteiger partial charge in [0.05, 0.1) is 0 Å². The summed E-state index contributed by atoms with van der Waals surface area (Å²) in [4.78, 5) is 5.19. The zero-order chi connectivity index (χ0) is 18.3. The minimum absolute atomic E-state index is 0. The number of halogens is 4. The first kappa shape index (κ1) is 22.6. The SMILES string of the molecule is CN=C(NCCSc1ccccc1)NCc1cn(C)nc1C(F)(F)F.I. The Bertz CT molecular complexity index is 704. The van der Waals surface area contributed by atoms with Crippen LogP contribution in [0.25, 0.3) is 0 Å². The zero-order valence-electron chi connectivity index (χ0n) is 14.4. The number of benzene rings is 1. The van der Waals surface area contributed by atoms with Gasteiger partial charge in [0.25, 0.3) is 0 Å². The summed E-state index contributed by atoms with van der Waals surface area (Å²) in [6.45, 7) is 0.632. The molecule has 2 aromatic rings. The van der Waals surface area contributed by atoms with Gasteiger partial charge in [0.2, 0.25) is 0 Å². The smallest absolute Gasteiger partial charge is 0.356 e. The Morgan fingerprint density at radius 1 is 1.23 bits per heavy atom. The highest BCUT2D eigenvalue weighted by Crippen LogP contribution is 2.30. The van der Waals surface area contributed by atoms with Crippen LogP contribution in [0.1, 0.15) is 11.3 Å². The first-order chi connectivity index (χ1) is 11.9. The van der Waals surface area contributed by atoms with Gasteiger partial charge in [-0.3, -0.25) is 9.67 Å². The second-order valence-corrected chi connectivity index (χ2v) is 6.36. The summed E-state index contributed by atoms with van der Waals surface area (Å²) in [6, 6.07) is 9.96. The molecule has 10 heteroatoms. The Kier molecular flexibility index (Phi) is 9.27. The van der Waals surface area contributed by atoms with E-state index in [0.717, 1.165) is 15.3 Å². The molecule has 0 aliphatic rings. The molecule has 0 spiro atoms. The van der Waals surface area contributed by atoms with Crippen molar-refractivity contribution in [3.63, 3.8) is 0 Å². The normalized spacial score (nSPS) is 11.8. The number of nitrogens with one attached hydrogen (secondary N) is 2.